The predicted molar refractivity (Wildman–Crippen MR) is 103 cm³/mol. The maximum atomic E-state index is 12.4. The van der Waals surface area contributed by atoms with Gasteiger partial charge in [-0.05, 0) is 19.3 Å². The van der Waals surface area contributed by atoms with Crippen molar-refractivity contribution in [3.05, 3.63) is 11.6 Å². The van der Waals surface area contributed by atoms with Gasteiger partial charge in [-0.3, -0.25) is 19.3 Å². The van der Waals surface area contributed by atoms with Crippen LogP contribution >= 0.6 is 11.8 Å². The van der Waals surface area contributed by atoms with Crippen molar-refractivity contribution in [2.24, 2.45) is 5.41 Å². The Morgan fingerprint density at radius 1 is 1.08 bits per heavy atom. The third-order valence-corrected chi connectivity index (χ3v) is 4.98. The molecule has 3 amide bonds. The lowest BCUT2D eigenvalue weighted by molar-refractivity contribution is -0.137. The van der Waals surface area contributed by atoms with Gasteiger partial charge in [0.1, 0.15) is 0 Å². The highest BCUT2D eigenvalue weighted by atomic mass is 32.2. The molecule has 1 rings (SSSR count). The van der Waals surface area contributed by atoms with Crippen LogP contribution in [0.2, 0.25) is 0 Å². The van der Waals surface area contributed by atoms with Crippen molar-refractivity contribution in [1.29, 1.82) is 0 Å². The summed E-state index contributed by atoms with van der Waals surface area (Å²) in [5.41, 5.74) is 0.124. The molecule has 6 heteroatoms. The average molecular weight is 369 g/mol. The molecule has 1 aliphatic rings. The topological polar surface area (TPSA) is 66.5 Å². The summed E-state index contributed by atoms with van der Waals surface area (Å²) in [6, 6.07) is 0. The van der Waals surface area contributed by atoms with Gasteiger partial charge in [0.25, 0.3) is 11.8 Å². The van der Waals surface area contributed by atoms with E-state index >= 15 is 0 Å². The lowest BCUT2D eigenvalue weighted by Gasteiger charge is -2.32. The molecule has 0 aromatic carbocycles. The molecule has 1 N–H and O–H groups in total. The fraction of sp³-hybridized carbons (Fsp3) is 0.737. The van der Waals surface area contributed by atoms with Crippen molar-refractivity contribution in [2.45, 2.75) is 71.3 Å². The molecule has 5 nitrogen and oxygen atoms in total. The predicted octanol–water partition coefficient (Wildman–Crippen LogP) is 3.14. The fourth-order valence-corrected chi connectivity index (χ4v) is 4.54. The minimum atomic E-state index is -0.377. The Balaban J connectivity index is 2.51. The SMILES string of the molecule is CC(C)(C)SC(C)(C)CNC(=O)CCN1C(=O)C=C(C(C)(C)C)C1=O. The summed E-state index contributed by atoms with van der Waals surface area (Å²) in [6.45, 7) is 17.0. The minimum Gasteiger partial charge on any atom is -0.355 e. The minimum absolute atomic E-state index is 0.0891. The maximum absolute atomic E-state index is 12.4. The quantitative estimate of drug-likeness (QED) is 0.732. The van der Waals surface area contributed by atoms with Crippen LogP contribution in [0.1, 0.15) is 61.8 Å². The molecule has 0 aromatic rings. The van der Waals surface area contributed by atoms with E-state index < -0.39 is 0 Å². The van der Waals surface area contributed by atoms with Crippen LogP contribution in [0.25, 0.3) is 0 Å². The van der Waals surface area contributed by atoms with Crippen molar-refractivity contribution in [2.75, 3.05) is 13.1 Å². The molecule has 0 spiro atoms. The van der Waals surface area contributed by atoms with Crippen LogP contribution < -0.4 is 5.32 Å². The summed E-state index contributed by atoms with van der Waals surface area (Å²) in [5, 5.41) is 2.91. The molecule has 0 saturated carbocycles. The van der Waals surface area contributed by atoms with E-state index in [0.29, 0.717) is 12.1 Å². The zero-order valence-electron chi connectivity index (χ0n) is 16.8. The van der Waals surface area contributed by atoms with Gasteiger partial charge in [0.05, 0.1) is 0 Å². The molecule has 1 heterocycles. The molecule has 0 saturated heterocycles. The monoisotopic (exact) mass is 368 g/mol. The van der Waals surface area contributed by atoms with Crippen molar-refractivity contribution < 1.29 is 14.4 Å². The number of thioether (sulfide) groups is 1. The third-order valence-electron chi connectivity index (χ3n) is 3.67. The zero-order valence-corrected chi connectivity index (χ0v) is 17.6. The summed E-state index contributed by atoms with van der Waals surface area (Å²) in [6.07, 6.45) is 1.52. The fourth-order valence-electron chi connectivity index (χ4n) is 2.74. The normalized spacial score (nSPS) is 16.3. The van der Waals surface area contributed by atoms with Crippen molar-refractivity contribution in [1.82, 2.24) is 10.2 Å². The lowest BCUT2D eigenvalue weighted by atomic mass is 9.86. The number of nitrogens with zero attached hydrogens (tertiary/aromatic N) is 1. The van der Waals surface area contributed by atoms with Crippen LogP contribution in [0, 0.1) is 5.41 Å². The molecule has 0 fully saturated rings. The Morgan fingerprint density at radius 2 is 1.64 bits per heavy atom. The summed E-state index contributed by atoms with van der Waals surface area (Å²) in [4.78, 5) is 37.7. The second kappa shape index (κ2) is 7.52. The number of nitrogens with one attached hydrogen (secondary N) is 1. The Bertz CT molecular complexity index is 580. The maximum Gasteiger partial charge on any atom is 0.257 e. The molecular formula is C19H32N2O3S. The number of amides is 3. The van der Waals surface area contributed by atoms with Crippen LogP contribution in [-0.2, 0) is 14.4 Å². The van der Waals surface area contributed by atoms with Gasteiger partial charge in [0.2, 0.25) is 5.91 Å². The van der Waals surface area contributed by atoms with Gasteiger partial charge >= 0.3 is 0 Å². The van der Waals surface area contributed by atoms with E-state index in [4.69, 9.17) is 0 Å². The van der Waals surface area contributed by atoms with Crippen LogP contribution in [0.5, 0.6) is 0 Å². The summed E-state index contributed by atoms with van der Waals surface area (Å²) < 4.78 is 0.0196. The summed E-state index contributed by atoms with van der Waals surface area (Å²) in [7, 11) is 0. The van der Waals surface area contributed by atoms with Gasteiger partial charge in [-0.2, -0.15) is 0 Å². The molecule has 1 aliphatic heterocycles. The van der Waals surface area contributed by atoms with Crippen LogP contribution in [0.4, 0.5) is 0 Å². The highest BCUT2D eigenvalue weighted by molar-refractivity contribution is 8.01. The Hall–Kier alpha value is -1.30. The molecule has 0 atom stereocenters. The van der Waals surface area contributed by atoms with E-state index in [0.717, 1.165) is 4.90 Å². The Kier molecular flexibility index (Phi) is 6.54. The first kappa shape index (κ1) is 21.7. The van der Waals surface area contributed by atoms with E-state index in [-0.39, 0.29) is 45.6 Å². The summed E-state index contributed by atoms with van der Waals surface area (Å²) >= 11 is 1.81. The number of carbonyl (C=O) groups is 3. The van der Waals surface area contributed by atoms with Gasteiger partial charge in [-0.25, -0.2) is 0 Å². The standard InChI is InChI=1S/C19H32N2O3S/c1-17(2,3)13-11-15(23)21(16(13)24)10-9-14(22)20-12-19(7,8)25-18(4,5)6/h11H,9-10,12H2,1-8H3,(H,20,22). The zero-order chi connectivity index (χ0) is 19.6. The van der Waals surface area contributed by atoms with E-state index in [9.17, 15) is 14.4 Å². The first-order chi connectivity index (χ1) is 11.1. The number of imide groups is 1. The average Bonchev–Trinajstić information content (AvgIpc) is 2.67. The van der Waals surface area contributed by atoms with Crippen molar-refractivity contribution in [3.8, 4) is 0 Å². The first-order valence-corrected chi connectivity index (χ1v) is 9.49. The van der Waals surface area contributed by atoms with Gasteiger partial charge in [0, 0.05) is 40.7 Å². The van der Waals surface area contributed by atoms with E-state index in [2.05, 4.69) is 39.9 Å². The Labute approximate surface area is 156 Å². The second-order valence-corrected chi connectivity index (χ2v) is 11.6. The first-order valence-electron chi connectivity index (χ1n) is 8.67. The third kappa shape index (κ3) is 6.84. The lowest BCUT2D eigenvalue weighted by Crippen LogP contribution is -2.41. The van der Waals surface area contributed by atoms with E-state index in [1.165, 1.54) is 6.08 Å². The molecule has 142 valence electrons. The molecule has 0 radical (unpaired) electrons. The molecular weight excluding hydrogens is 336 g/mol. The van der Waals surface area contributed by atoms with Gasteiger partial charge < -0.3 is 5.32 Å². The second-order valence-electron chi connectivity index (χ2n) is 9.10. The highest BCUT2D eigenvalue weighted by Gasteiger charge is 2.37. The number of hydrogen-bond donors (Lipinski definition) is 1. The van der Waals surface area contributed by atoms with Gasteiger partial charge in [-0.1, -0.05) is 41.5 Å². The van der Waals surface area contributed by atoms with E-state index in [1.807, 2.05) is 20.8 Å². The van der Waals surface area contributed by atoms with Crippen molar-refractivity contribution in [3.63, 3.8) is 0 Å². The van der Waals surface area contributed by atoms with Crippen LogP contribution in [-0.4, -0.2) is 45.2 Å². The van der Waals surface area contributed by atoms with Crippen LogP contribution in [0.3, 0.4) is 0 Å². The smallest absolute Gasteiger partial charge is 0.257 e. The van der Waals surface area contributed by atoms with Gasteiger partial charge in [0.15, 0.2) is 0 Å². The number of carbonyl (C=O) groups excluding carboxylic acids is 3. The summed E-state index contributed by atoms with van der Waals surface area (Å²) in [5.74, 6) is -0.757. The van der Waals surface area contributed by atoms with Crippen molar-refractivity contribution >= 4 is 29.5 Å². The highest BCUT2D eigenvalue weighted by Crippen LogP contribution is 2.35. The van der Waals surface area contributed by atoms with Crippen LogP contribution in [0.15, 0.2) is 11.6 Å². The number of rotatable bonds is 6. The molecule has 0 aromatic heterocycles. The molecule has 25 heavy (non-hydrogen) atoms. The molecule has 0 aliphatic carbocycles. The molecule has 0 bridgehead atoms. The largest absolute Gasteiger partial charge is 0.355 e. The Morgan fingerprint density at radius 3 is 2.08 bits per heavy atom. The number of hydrogen-bond acceptors (Lipinski definition) is 4. The van der Waals surface area contributed by atoms with Gasteiger partial charge in [-0.15, -0.1) is 11.8 Å². The van der Waals surface area contributed by atoms with E-state index in [1.54, 1.807) is 11.8 Å². The molecule has 0 unspecified atom stereocenters.